The molecule has 0 aromatic heterocycles. The Morgan fingerprint density at radius 1 is 1.10 bits per heavy atom. The molecule has 2 aromatic rings. The van der Waals surface area contributed by atoms with E-state index in [0.717, 1.165) is 24.3 Å². The van der Waals surface area contributed by atoms with Crippen LogP contribution >= 0.6 is 12.4 Å². The van der Waals surface area contributed by atoms with Gasteiger partial charge in [-0.1, -0.05) is 18.2 Å². The van der Waals surface area contributed by atoms with Crippen LogP contribution in [0.5, 0.6) is 11.5 Å². The van der Waals surface area contributed by atoms with Gasteiger partial charge in [-0.3, -0.25) is 4.90 Å². The van der Waals surface area contributed by atoms with Gasteiger partial charge in [-0.2, -0.15) is 0 Å². The second-order valence-electron chi connectivity index (χ2n) is 4.92. The third-order valence-corrected chi connectivity index (χ3v) is 3.10. The molecule has 2 rings (SSSR count). The van der Waals surface area contributed by atoms with Crippen LogP contribution in [0.25, 0.3) is 0 Å². The summed E-state index contributed by atoms with van der Waals surface area (Å²) in [6.45, 7) is 1.58. The van der Waals surface area contributed by atoms with Crippen LogP contribution in [-0.2, 0) is 13.1 Å². The zero-order valence-corrected chi connectivity index (χ0v) is 13.1. The van der Waals surface area contributed by atoms with Crippen molar-refractivity contribution in [3.8, 4) is 11.5 Å². The van der Waals surface area contributed by atoms with Crippen molar-refractivity contribution < 1.29 is 9.84 Å². The van der Waals surface area contributed by atoms with E-state index in [1.54, 1.807) is 13.2 Å². The Kier molecular flexibility index (Phi) is 6.34. The van der Waals surface area contributed by atoms with Gasteiger partial charge in [0.05, 0.1) is 7.11 Å². The van der Waals surface area contributed by atoms with Gasteiger partial charge < -0.3 is 15.6 Å². The van der Waals surface area contributed by atoms with Crippen LogP contribution in [0.15, 0.2) is 42.5 Å². The molecule has 21 heavy (non-hydrogen) atoms. The lowest BCUT2D eigenvalue weighted by molar-refractivity contribution is 0.317. The third kappa shape index (κ3) is 4.85. The zero-order chi connectivity index (χ0) is 14.5. The van der Waals surface area contributed by atoms with Crippen molar-refractivity contribution in [3.63, 3.8) is 0 Å². The van der Waals surface area contributed by atoms with Gasteiger partial charge in [0.2, 0.25) is 0 Å². The van der Waals surface area contributed by atoms with Crippen LogP contribution < -0.4 is 10.5 Å². The molecule has 5 heteroatoms. The Morgan fingerprint density at radius 2 is 1.76 bits per heavy atom. The van der Waals surface area contributed by atoms with E-state index in [4.69, 9.17) is 10.5 Å². The van der Waals surface area contributed by atoms with Crippen LogP contribution in [-0.4, -0.2) is 24.2 Å². The molecule has 0 bridgehead atoms. The van der Waals surface area contributed by atoms with Gasteiger partial charge in [0.1, 0.15) is 0 Å². The smallest absolute Gasteiger partial charge is 0.160 e. The minimum atomic E-state index is 0. The van der Waals surface area contributed by atoms with Crippen LogP contribution in [0, 0.1) is 0 Å². The molecule has 0 atom stereocenters. The topological polar surface area (TPSA) is 58.7 Å². The van der Waals surface area contributed by atoms with E-state index in [-0.39, 0.29) is 18.2 Å². The van der Waals surface area contributed by atoms with E-state index in [2.05, 4.69) is 11.0 Å². The van der Waals surface area contributed by atoms with Crippen molar-refractivity contribution in [1.29, 1.82) is 0 Å². The molecule has 4 nitrogen and oxygen atoms in total. The molecule has 0 unspecified atom stereocenters. The molecule has 0 amide bonds. The molecule has 0 saturated carbocycles. The predicted octanol–water partition coefficient (Wildman–Crippen LogP) is 3.04. The first kappa shape index (κ1) is 17.1. The van der Waals surface area contributed by atoms with Crippen molar-refractivity contribution in [1.82, 2.24) is 4.90 Å². The van der Waals surface area contributed by atoms with Crippen LogP contribution in [0.1, 0.15) is 11.1 Å². The fourth-order valence-electron chi connectivity index (χ4n) is 2.19. The average molecular weight is 309 g/mol. The molecule has 0 fully saturated rings. The highest BCUT2D eigenvalue weighted by atomic mass is 35.5. The highest BCUT2D eigenvalue weighted by Crippen LogP contribution is 2.26. The maximum atomic E-state index is 9.58. The van der Waals surface area contributed by atoms with E-state index >= 15 is 0 Å². The van der Waals surface area contributed by atoms with Gasteiger partial charge in [0, 0.05) is 18.8 Å². The maximum absolute atomic E-state index is 9.58. The summed E-state index contributed by atoms with van der Waals surface area (Å²) >= 11 is 0. The Balaban J connectivity index is 0.00000220. The first-order valence-electron chi connectivity index (χ1n) is 6.47. The van der Waals surface area contributed by atoms with Crippen molar-refractivity contribution in [2.45, 2.75) is 13.1 Å². The average Bonchev–Trinajstić information content (AvgIpc) is 2.41. The number of nitrogen functional groups attached to an aromatic ring is 1. The minimum absolute atomic E-state index is 0. The number of nitrogens with zero attached hydrogens (tertiary/aromatic N) is 1. The molecule has 3 N–H and O–H groups in total. The molecule has 2 aromatic carbocycles. The lowest BCUT2D eigenvalue weighted by atomic mass is 10.1. The highest BCUT2D eigenvalue weighted by Gasteiger charge is 2.06. The molecule has 0 radical (unpaired) electrons. The van der Waals surface area contributed by atoms with Gasteiger partial charge in [-0.15, -0.1) is 12.4 Å². The molecule has 0 saturated heterocycles. The number of hydrogen-bond acceptors (Lipinski definition) is 4. The number of ether oxygens (including phenoxy) is 1. The first-order valence-corrected chi connectivity index (χ1v) is 6.47. The largest absolute Gasteiger partial charge is 0.504 e. The second-order valence-corrected chi connectivity index (χ2v) is 4.92. The number of anilines is 1. The van der Waals surface area contributed by atoms with Crippen LogP contribution in [0.2, 0.25) is 0 Å². The number of aromatic hydroxyl groups is 1. The summed E-state index contributed by atoms with van der Waals surface area (Å²) in [5.41, 5.74) is 8.83. The summed E-state index contributed by atoms with van der Waals surface area (Å²) in [6, 6.07) is 13.3. The summed E-state index contributed by atoms with van der Waals surface area (Å²) in [6.07, 6.45) is 0. The van der Waals surface area contributed by atoms with Crippen molar-refractivity contribution in [2.75, 3.05) is 19.9 Å². The van der Waals surface area contributed by atoms with Crippen molar-refractivity contribution in [3.05, 3.63) is 53.6 Å². The monoisotopic (exact) mass is 308 g/mol. The molecule has 114 valence electrons. The maximum Gasteiger partial charge on any atom is 0.160 e. The summed E-state index contributed by atoms with van der Waals surface area (Å²) in [5.74, 6) is 0.662. The fourth-order valence-corrected chi connectivity index (χ4v) is 2.19. The Morgan fingerprint density at radius 3 is 2.38 bits per heavy atom. The van der Waals surface area contributed by atoms with Gasteiger partial charge in [-0.25, -0.2) is 0 Å². The summed E-state index contributed by atoms with van der Waals surface area (Å²) < 4.78 is 5.12. The Labute approximate surface area is 131 Å². The van der Waals surface area contributed by atoms with Gasteiger partial charge in [0.15, 0.2) is 11.5 Å². The number of halogens is 1. The number of phenolic OH excluding ortho intramolecular Hbond substituents is 1. The van der Waals surface area contributed by atoms with E-state index < -0.39 is 0 Å². The first-order chi connectivity index (χ1) is 9.58. The summed E-state index contributed by atoms with van der Waals surface area (Å²) in [7, 11) is 3.60. The molecular formula is C16H21ClN2O2. The molecule has 0 aliphatic heterocycles. The van der Waals surface area contributed by atoms with Crippen molar-refractivity contribution in [2.24, 2.45) is 0 Å². The standard InChI is InChI=1S/C16H20N2O2.ClH/c1-18(10-12-4-3-5-14(17)8-12)11-13-6-7-15(19)16(9-13)20-2;/h3-9,19H,10-11,17H2,1-2H3;1H. The van der Waals surface area contributed by atoms with E-state index in [1.807, 2.05) is 37.4 Å². The summed E-state index contributed by atoms with van der Waals surface area (Å²) in [5, 5.41) is 9.58. The van der Waals surface area contributed by atoms with Gasteiger partial charge in [-0.05, 0) is 42.4 Å². The quantitative estimate of drug-likeness (QED) is 0.834. The molecule has 0 spiro atoms. The number of hydrogen-bond donors (Lipinski definition) is 2. The fraction of sp³-hybridized carbons (Fsp3) is 0.250. The van der Waals surface area contributed by atoms with E-state index in [0.29, 0.717) is 5.75 Å². The number of nitrogens with two attached hydrogens (primary N) is 1. The van der Waals surface area contributed by atoms with Crippen molar-refractivity contribution >= 4 is 18.1 Å². The minimum Gasteiger partial charge on any atom is -0.504 e. The second kappa shape index (κ2) is 7.76. The normalized spacial score (nSPS) is 10.2. The SMILES string of the molecule is COc1cc(CN(C)Cc2cccc(N)c2)ccc1O.Cl. The molecule has 0 aliphatic carbocycles. The Hall–Kier alpha value is -1.91. The molecule has 0 heterocycles. The number of methoxy groups -OCH3 is 1. The van der Waals surface area contributed by atoms with E-state index in [9.17, 15) is 5.11 Å². The number of phenols is 1. The van der Waals surface area contributed by atoms with Gasteiger partial charge >= 0.3 is 0 Å². The lowest BCUT2D eigenvalue weighted by Gasteiger charge is -2.17. The predicted molar refractivity (Wildman–Crippen MR) is 87.9 cm³/mol. The number of rotatable bonds is 5. The van der Waals surface area contributed by atoms with E-state index in [1.165, 1.54) is 5.56 Å². The lowest BCUT2D eigenvalue weighted by Crippen LogP contribution is -2.17. The zero-order valence-electron chi connectivity index (χ0n) is 12.2. The Bertz CT molecular complexity index is 590. The molecular weight excluding hydrogens is 288 g/mol. The van der Waals surface area contributed by atoms with Gasteiger partial charge in [0.25, 0.3) is 0 Å². The third-order valence-electron chi connectivity index (χ3n) is 3.10. The number of benzene rings is 2. The van der Waals surface area contributed by atoms with Crippen LogP contribution in [0.4, 0.5) is 5.69 Å². The summed E-state index contributed by atoms with van der Waals surface area (Å²) in [4.78, 5) is 2.18. The highest BCUT2D eigenvalue weighted by molar-refractivity contribution is 5.85. The van der Waals surface area contributed by atoms with Crippen LogP contribution in [0.3, 0.4) is 0 Å². The molecule has 0 aliphatic rings.